The Balaban J connectivity index is 0.00000108. The molecule has 4 fully saturated rings. The maximum Gasteiger partial charge on any atom is 0.233 e. The van der Waals surface area contributed by atoms with Gasteiger partial charge >= 0.3 is 0 Å². The standard InChI is InChI=1S/C13H22N2O.ClH/c14-7-12(16)15-8-13-4-9-1-10(5-13)3-11(2-9)6-13;/h9-11H,1-8,14H2,(H,15,16);1H. The minimum atomic E-state index is 0. The number of hydrogen-bond donors (Lipinski definition) is 2. The second-order valence-corrected chi connectivity index (χ2v) is 6.40. The van der Waals surface area contributed by atoms with Gasteiger partial charge in [0.1, 0.15) is 0 Å². The van der Waals surface area contributed by atoms with Crippen LogP contribution in [0.3, 0.4) is 0 Å². The van der Waals surface area contributed by atoms with E-state index in [1.807, 2.05) is 0 Å². The molecule has 4 bridgehead atoms. The number of nitrogens with one attached hydrogen (secondary N) is 1. The van der Waals surface area contributed by atoms with Crippen molar-refractivity contribution in [1.29, 1.82) is 0 Å². The highest BCUT2D eigenvalue weighted by atomic mass is 35.5. The monoisotopic (exact) mass is 258 g/mol. The lowest BCUT2D eigenvalue weighted by molar-refractivity contribution is -0.121. The van der Waals surface area contributed by atoms with Gasteiger partial charge in [0.05, 0.1) is 6.54 Å². The van der Waals surface area contributed by atoms with Crippen LogP contribution in [0.4, 0.5) is 0 Å². The Bertz CT molecular complexity index is 271. The summed E-state index contributed by atoms with van der Waals surface area (Å²) in [5, 5.41) is 3.03. The van der Waals surface area contributed by atoms with Gasteiger partial charge in [-0.2, -0.15) is 0 Å². The normalized spacial score (nSPS) is 42.1. The Labute approximate surface area is 109 Å². The quantitative estimate of drug-likeness (QED) is 0.810. The van der Waals surface area contributed by atoms with Gasteiger partial charge in [-0.25, -0.2) is 0 Å². The Kier molecular flexibility index (Phi) is 3.69. The van der Waals surface area contributed by atoms with Gasteiger partial charge in [-0.3, -0.25) is 4.79 Å². The first-order valence-corrected chi connectivity index (χ1v) is 6.66. The highest BCUT2D eigenvalue weighted by molar-refractivity contribution is 5.85. The highest BCUT2D eigenvalue weighted by Crippen LogP contribution is 2.59. The van der Waals surface area contributed by atoms with Crippen LogP contribution >= 0.6 is 12.4 Å². The molecule has 4 rings (SSSR count). The van der Waals surface area contributed by atoms with E-state index >= 15 is 0 Å². The van der Waals surface area contributed by atoms with Crippen LogP contribution in [-0.2, 0) is 4.79 Å². The zero-order valence-corrected chi connectivity index (χ0v) is 11.1. The smallest absolute Gasteiger partial charge is 0.233 e. The first-order chi connectivity index (χ1) is 7.69. The van der Waals surface area contributed by atoms with E-state index in [-0.39, 0.29) is 24.9 Å². The summed E-state index contributed by atoms with van der Waals surface area (Å²) in [4.78, 5) is 11.3. The van der Waals surface area contributed by atoms with Crippen molar-refractivity contribution in [3.63, 3.8) is 0 Å². The molecule has 4 aliphatic carbocycles. The molecule has 0 spiro atoms. The van der Waals surface area contributed by atoms with E-state index in [4.69, 9.17) is 5.73 Å². The molecule has 1 amide bonds. The molecule has 4 heteroatoms. The minimum Gasteiger partial charge on any atom is -0.354 e. The lowest BCUT2D eigenvalue weighted by Gasteiger charge is -2.56. The van der Waals surface area contributed by atoms with Crippen molar-refractivity contribution in [2.75, 3.05) is 13.1 Å². The number of halogens is 1. The maximum atomic E-state index is 11.3. The third-order valence-electron chi connectivity index (χ3n) is 5.01. The predicted octanol–water partition coefficient (Wildman–Crippen LogP) is 1.70. The number of rotatable bonds is 3. The van der Waals surface area contributed by atoms with Crippen LogP contribution < -0.4 is 11.1 Å². The summed E-state index contributed by atoms with van der Waals surface area (Å²) in [5.41, 5.74) is 5.78. The lowest BCUT2D eigenvalue weighted by atomic mass is 9.49. The van der Waals surface area contributed by atoms with E-state index < -0.39 is 0 Å². The highest BCUT2D eigenvalue weighted by Gasteiger charge is 2.50. The Morgan fingerprint density at radius 1 is 1.12 bits per heavy atom. The van der Waals surface area contributed by atoms with Gasteiger partial charge in [0, 0.05) is 6.54 Å². The predicted molar refractivity (Wildman–Crippen MR) is 69.9 cm³/mol. The molecule has 0 aliphatic heterocycles. The molecule has 4 saturated carbocycles. The zero-order chi connectivity index (χ0) is 11.2. The summed E-state index contributed by atoms with van der Waals surface area (Å²) in [7, 11) is 0. The number of carbonyl (C=O) groups is 1. The first kappa shape index (κ1) is 13.2. The molecule has 17 heavy (non-hydrogen) atoms. The largest absolute Gasteiger partial charge is 0.354 e. The molecule has 0 radical (unpaired) electrons. The molecule has 0 atom stereocenters. The third-order valence-corrected chi connectivity index (χ3v) is 5.01. The van der Waals surface area contributed by atoms with Crippen molar-refractivity contribution >= 4 is 18.3 Å². The van der Waals surface area contributed by atoms with Crippen molar-refractivity contribution in [3.05, 3.63) is 0 Å². The third kappa shape index (κ3) is 2.45. The molecule has 0 aromatic rings. The van der Waals surface area contributed by atoms with E-state index in [1.165, 1.54) is 38.5 Å². The van der Waals surface area contributed by atoms with Gasteiger partial charge in [-0.1, -0.05) is 0 Å². The van der Waals surface area contributed by atoms with Crippen molar-refractivity contribution in [1.82, 2.24) is 5.32 Å². The average molecular weight is 259 g/mol. The fourth-order valence-electron chi connectivity index (χ4n) is 4.86. The SMILES string of the molecule is Cl.NCC(=O)NCC12CC3CC(CC(C3)C1)C2. The topological polar surface area (TPSA) is 55.1 Å². The van der Waals surface area contributed by atoms with Crippen molar-refractivity contribution < 1.29 is 4.79 Å². The number of carbonyl (C=O) groups excluding carboxylic acids is 1. The lowest BCUT2D eigenvalue weighted by Crippen LogP contribution is -2.51. The van der Waals surface area contributed by atoms with E-state index in [0.29, 0.717) is 5.41 Å². The Morgan fingerprint density at radius 2 is 1.59 bits per heavy atom. The molecule has 0 saturated heterocycles. The number of nitrogens with two attached hydrogens (primary N) is 1. The van der Waals surface area contributed by atoms with Gasteiger partial charge in [0.15, 0.2) is 0 Å². The molecule has 3 nitrogen and oxygen atoms in total. The second kappa shape index (κ2) is 4.77. The molecule has 98 valence electrons. The van der Waals surface area contributed by atoms with Gasteiger partial charge < -0.3 is 11.1 Å². The van der Waals surface area contributed by atoms with E-state index in [2.05, 4.69) is 5.32 Å². The minimum absolute atomic E-state index is 0. The first-order valence-electron chi connectivity index (χ1n) is 6.66. The summed E-state index contributed by atoms with van der Waals surface area (Å²) in [6.07, 6.45) is 8.44. The molecule has 0 heterocycles. The average Bonchev–Trinajstić information content (AvgIpc) is 2.24. The molecule has 0 unspecified atom stereocenters. The summed E-state index contributed by atoms with van der Waals surface area (Å²) in [6.45, 7) is 1.01. The van der Waals surface area contributed by atoms with Crippen LogP contribution in [0.15, 0.2) is 0 Å². The van der Waals surface area contributed by atoms with E-state index in [9.17, 15) is 4.79 Å². The van der Waals surface area contributed by atoms with E-state index in [0.717, 1.165) is 24.3 Å². The van der Waals surface area contributed by atoms with Crippen LogP contribution in [0, 0.1) is 23.2 Å². The van der Waals surface area contributed by atoms with Crippen molar-refractivity contribution in [3.8, 4) is 0 Å². The summed E-state index contributed by atoms with van der Waals surface area (Å²) >= 11 is 0. The second-order valence-electron chi connectivity index (χ2n) is 6.40. The van der Waals surface area contributed by atoms with Gasteiger partial charge in [0.25, 0.3) is 0 Å². The maximum absolute atomic E-state index is 11.3. The molecule has 4 aliphatic rings. The van der Waals surface area contributed by atoms with Gasteiger partial charge in [-0.15, -0.1) is 12.4 Å². The zero-order valence-electron chi connectivity index (χ0n) is 10.3. The molecule has 3 N–H and O–H groups in total. The number of hydrogen-bond acceptors (Lipinski definition) is 2. The summed E-state index contributed by atoms with van der Waals surface area (Å²) in [5.74, 6) is 2.89. The Morgan fingerprint density at radius 3 is 2.00 bits per heavy atom. The Hall–Kier alpha value is -0.280. The van der Waals surface area contributed by atoms with Crippen LogP contribution in [-0.4, -0.2) is 19.0 Å². The van der Waals surface area contributed by atoms with Crippen LogP contribution in [0.5, 0.6) is 0 Å². The fourth-order valence-corrected chi connectivity index (χ4v) is 4.86. The van der Waals surface area contributed by atoms with E-state index in [1.54, 1.807) is 0 Å². The molecular formula is C13H23ClN2O. The van der Waals surface area contributed by atoms with Gasteiger partial charge in [-0.05, 0) is 61.7 Å². The summed E-state index contributed by atoms with van der Waals surface area (Å²) < 4.78 is 0. The molecule has 0 aromatic heterocycles. The van der Waals surface area contributed by atoms with Crippen LogP contribution in [0.1, 0.15) is 38.5 Å². The van der Waals surface area contributed by atoms with Gasteiger partial charge in [0.2, 0.25) is 5.91 Å². The molecular weight excluding hydrogens is 236 g/mol. The van der Waals surface area contributed by atoms with Crippen molar-refractivity contribution in [2.24, 2.45) is 28.9 Å². The van der Waals surface area contributed by atoms with Crippen LogP contribution in [0.25, 0.3) is 0 Å². The fraction of sp³-hybridized carbons (Fsp3) is 0.923. The molecule has 0 aromatic carbocycles. The number of amides is 1. The summed E-state index contributed by atoms with van der Waals surface area (Å²) in [6, 6.07) is 0. The van der Waals surface area contributed by atoms with Crippen LogP contribution in [0.2, 0.25) is 0 Å². The van der Waals surface area contributed by atoms with Crippen molar-refractivity contribution in [2.45, 2.75) is 38.5 Å².